The lowest BCUT2D eigenvalue weighted by molar-refractivity contribution is -0.133. The molecule has 0 bridgehead atoms. The fraction of sp³-hybridized carbons (Fsp3) is 0.235. The molecule has 0 fully saturated rings. The first-order valence-corrected chi connectivity index (χ1v) is 8.31. The van der Waals surface area contributed by atoms with Gasteiger partial charge in [0.25, 0.3) is 0 Å². The molecular formula is C17H18ClN3O4S. The van der Waals surface area contributed by atoms with Crippen molar-refractivity contribution in [2.75, 3.05) is 5.32 Å². The smallest absolute Gasteiger partial charge is 0.317 e. The number of thiocarbonyl (C=S) groups is 1. The van der Waals surface area contributed by atoms with E-state index in [-0.39, 0.29) is 16.5 Å². The molecule has 26 heavy (non-hydrogen) atoms. The second-order valence-electron chi connectivity index (χ2n) is 5.86. The number of halogens is 1. The van der Waals surface area contributed by atoms with Crippen LogP contribution in [0.5, 0.6) is 0 Å². The summed E-state index contributed by atoms with van der Waals surface area (Å²) in [5.41, 5.74) is 6.73. The number of rotatable bonds is 3. The number of primary amides is 1. The second kappa shape index (κ2) is 7.16. The minimum atomic E-state index is -2.56. The number of amides is 3. The van der Waals surface area contributed by atoms with Gasteiger partial charge < -0.3 is 26.6 Å². The highest BCUT2D eigenvalue weighted by atomic mass is 35.5. The van der Waals surface area contributed by atoms with Gasteiger partial charge in [0.2, 0.25) is 11.7 Å². The number of aliphatic hydroxyl groups is 2. The van der Waals surface area contributed by atoms with Gasteiger partial charge in [0.05, 0.1) is 0 Å². The molecule has 2 rings (SSSR count). The Morgan fingerprint density at radius 3 is 2.46 bits per heavy atom. The van der Waals surface area contributed by atoms with E-state index < -0.39 is 16.7 Å². The molecular weight excluding hydrogens is 378 g/mol. The molecule has 1 atom stereocenters. The third-order valence-electron chi connectivity index (χ3n) is 3.90. The van der Waals surface area contributed by atoms with Crippen LogP contribution in [0.25, 0.3) is 5.57 Å². The van der Waals surface area contributed by atoms with Crippen LogP contribution in [0.4, 0.5) is 10.5 Å². The lowest BCUT2D eigenvalue weighted by Crippen LogP contribution is -2.60. The summed E-state index contributed by atoms with van der Waals surface area (Å²) in [6, 6.07) is 5.93. The first-order valence-electron chi connectivity index (χ1n) is 7.52. The number of nitrogens with one attached hydrogen (secondary N) is 2. The van der Waals surface area contributed by atoms with Gasteiger partial charge in [0, 0.05) is 18.2 Å². The van der Waals surface area contributed by atoms with Gasteiger partial charge in [-0.1, -0.05) is 36.5 Å². The fourth-order valence-electron chi connectivity index (χ4n) is 2.59. The molecule has 1 aromatic carbocycles. The number of hydrogen-bond donors (Lipinski definition) is 5. The summed E-state index contributed by atoms with van der Waals surface area (Å²) in [4.78, 5) is 20.2. The molecule has 0 radical (unpaired) electrons. The Labute approximate surface area is 160 Å². The average molecular weight is 396 g/mol. The van der Waals surface area contributed by atoms with E-state index in [4.69, 9.17) is 29.6 Å². The van der Waals surface area contributed by atoms with Gasteiger partial charge >= 0.3 is 6.03 Å². The van der Waals surface area contributed by atoms with Gasteiger partial charge in [-0.05, 0) is 30.2 Å². The van der Waals surface area contributed by atoms with Gasteiger partial charge in [-0.15, -0.1) is 11.6 Å². The van der Waals surface area contributed by atoms with Crippen LogP contribution >= 0.6 is 23.8 Å². The predicted molar refractivity (Wildman–Crippen MR) is 104 cm³/mol. The van der Waals surface area contributed by atoms with Crippen molar-refractivity contribution in [3.63, 3.8) is 0 Å². The Bertz CT molecular complexity index is 850. The molecule has 7 nitrogen and oxygen atoms in total. The molecule has 1 unspecified atom stereocenters. The largest absolute Gasteiger partial charge is 0.360 e. The first-order chi connectivity index (χ1) is 12.0. The summed E-state index contributed by atoms with van der Waals surface area (Å²) in [5.74, 6) is -2.82. The molecule has 138 valence electrons. The number of para-hydroxylation sites is 1. The zero-order valence-electron chi connectivity index (χ0n) is 14.0. The van der Waals surface area contributed by atoms with E-state index in [1.807, 2.05) is 0 Å². The minimum Gasteiger partial charge on any atom is -0.360 e. The number of urea groups is 1. The third-order valence-corrected chi connectivity index (χ3v) is 5.00. The van der Waals surface area contributed by atoms with E-state index in [2.05, 4.69) is 10.6 Å². The van der Waals surface area contributed by atoms with Crippen molar-refractivity contribution in [3.05, 3.63) is 47.6 Å². The van der Waals surface area contributed by atoms with Crippen LogP contribution in [0.2, 0.25) is 0 Å². The molecule has 0 spiro atoms. The van der Waals surface area contributed by atoms with Crippen LogP contribution in [0, 0.1) is 0 Å². The molecule has 0 heterocycles. The number of anilines is 1. The van der Waals surface area contributed by atoms with E-state index in [0.29, 0.717) is 16.8 Å². The number of carbonyl (C=O) groups is 2. The maximum absolute atomic E-state index is 11.4. The van der Waals surface area contributed by atoms with Crippen LogP contribution in [-0.2, 0) is 4.79 Å². The SMILES string of the molecule is CC(=O)Nc1ccccc1C1=CC(Cl)(C(=S)NC(N)=O)C(O)(O)C(C)=C1. The van der Waals surface area contributed by atoms with E-state index >= 15 is 0 Å². The number of nitrogens with two attached hydrogens (primary N) is 1. The molecule has 6 N–H and O–H groups in total. The zero-order valence-corrected chi connectivity index (χ0v) is 15.6. The highest BCUT2D eigenvalue weighted by Gasteiger charge is 2.54. The number of benzene rings is 1. The highest BCUT2D eigenvalue weighted by Crippen LogP contribution is 2.43. The lowest BCUT2D eigenvalue weighted by Gasteiger charge is -2.40. The summed E-state index contributed by atoms with van der Waals surface area (Å²) in [7, 11) is 0. The molecule has 1 aromatic rings. The second-order valence-corrected chi connectivity index (χ2v) is 6.86. The van der Waals surface area contributed by atoms with Crippen LogP contribution in [0.3, 0.4) is 0 Å². The van der Waals surface area contributed by atoms with Gasteiger partial charge in [0.15, 0.2) is 4.87 Å². The maximum Gasteiger partial charge on any atom is 0.317 e. The van der Waals surface area contributed by atoms with Gasteiger partial charge in [-0.3, -0.25) is 4.79 Å². The van der Waals surface area contributed by atoms with Crippen LogP contribution < -0.4 is 16.4 Å². The normalized spacial score (nSPS) is 21.3. The van der Waals surface area contributed by atoms with E-state index in [9.17, 15) is 19.8 Å². The van der Waals surface area contributed by atoms with Gasteiger partial charge in [0.1, 0.15) is 4.99 Å². The number of alkyl halides is 1. The van der Waals surface area contributed by atoms with Crippen molar-refractivity contribution in [2.45, 2.75) is 24.5 Å². The Morgan fingerprint density at radius 1 is 1.27 bits per heavy atom. The van der Waals surface area contributed by atoms with Crippen molar-refractivity contribution in [2.24, 2.45) is 5.73 Å². The van der Waals surface area contributed by atoms with Crippen LogP contribution in [-0.4, -0.2) is 37.8 Å². The molecule has 0 aliphatic heterocycles. The number of carbonyl (C=O) groups excluding carboxylic acids is 2. The molecule has 3 amide bonds. The first kappa shape index (κ1) is 20.1. The number of hydrogen-bond acceptors (Lipinski definition) is 5. The third kappa shape index (κ3) is 3.63. The zero-order chi connectivity index (χ0) is 19.7. The highest BCUT2D eigenvalue weighted by molar-refractivity contribution is 7.80. The van der Waals surface area contributed by atoms with Crippen molar-refractivity contribution in [1.82, 2.24) is 5.32 Å². The monoisotopic (exact) mass is 395 g/mol. The number of allylic oxidation sites excluding steroid dienone is 2. The molecule has 1 aliphatic carbocycles. The van der Waals surface area contributed by atoms with Gasteiger partial charge in [-0.2, -0.15) is 0 Å². The van der Waals surface area contributed by atoms with E-state index in [1.165, 1.54) is 26.0 Å². The predicted octanol–water partition coefficient (Wildman–Crippen LogP) is 1.64. The molecule has 1 aliphatic rings. The lowest BCUT2D eigenvalue weighted by atomic mass is 9.81. The van der Waals surface area contributed by atoms with E-state index in [0.717, 1.165) is 0 Å². The Hall–Kier alpha value is -2.26. The van der Waals surface area contributed by atoms with Crippen molar-refractivity contribution in [3.8, 4) is 0 Å². The molecule has 9 heteroatoms. The summed E-state index contributed by atoms with van der Waals surface area (Å²) in [6.07, 6.45) is 2.81. The average Bonchev–Trinajstić information content (AvgIpc) is 2.52. The van der Waals surface area contributed by atoms with Crippen LogP contribution in [0.15, 0.2) is 42.0 Å². The topological polar surface area (TPSA) is 125 Å². The quantitative estimate of drug-likeness (QED) is 0.302. The minimum absolute atomic E-state index is 0.0937. The van der Waals surface area contributed by atoms with Crippen molar-refractivity contribution in [1.29, 1.82) is 0 Å². The Kier molecular flexibility index (Phi) is 5.52. The molecule has 0 saturated heterocycles. The molecule has 0 saturated carbocycles. The summed E-state index contributed by atoms with van der Waals surface area (Å²) in [5, 5.41) is 25.8. The maximum atomic E-state index is 11.4. The fourth-order valence-corrected chi connectivity index (χ4v) is 3.21. The summed E-state index contributed by atoms with van der Waals surface area (Å²) < 4.78 is 0. The van der Waals surface area contributed by atoms with Crippen LogP contribution in [0.1, 0.15) is 19.4 Å². The van der Waals surface area contributed by atoms with Gasteiger partial charge in [-0.25, -0.2) is 4.79 Å². The Balaban J connectivity index is 2.62. The van der Waals surface area contributed by atoms with E-state index in [1.54, 1.807) is 24.3 Å². The van der Waals surface area contributed by atoms with Crippen molar-refractivity contribution < 1.29 is 19.8 Å². The molecule has 0 aromatic heterocycles. The standard InChI is InChI=1S/C17H18ClN3O4S/c1-9-7-11(12-5-3-4-6-13(12)20-10(2)22)8-16(18,17(9,24)25)14(26)21-15(19)23/h3-8,24-25H,1-2H3,(H,20,22)(H3,19,21,23,26). The Morgan fingerprint density at radius 2 is 1.88 bits per heavy atom. The summed E-state index contributed by atoms with van der Waals surface area (Å²) >= 11 is 11.5. The van der Waals surface area contributed by atoms with Crippen molar-refractivity contribution >= 4 is 52.0 Å². The summed E-state index contributed by atoms with van der Waals surface area (Å²) in [6.45, 7) is 2.83.